The van der Waals surface area contributed by atoms with Gasteiger partial charge in [-0.05, 0) is 19.3 Å². The third-order valence-corrected chi connectivity index (χ3v) is 4.68. The first-order chi connectivity index (χ1) is 11.7. The molecule has 1 N–H and O–H groups in total. The molecule has 0 rings (SSSR count). The van der Waals surface area contributed by atoms with E-state index in [9.17, 15) is 9.90 Å². The SMILES string of the molecule is CCCCCCCCCCC(OC)C(O)CCCCCC(=O)OC. The lowest BCUT2D eigenvalue weighted by Crippen LogP contribution is -2.28. The normalized spacial score (nSPS) is 13.7. The summed E-state index contributed by atoms with van der Waals surface area (Å²) >= 11 is 0. The maximum atomic E-state index is 11.0. The molecule has 0 aromatic carbocycles. The molecule has 2 atom stereocenters. The summed E-state index contributed by atoms with van der Waals surface area (Å²) in [4.78, 5) is 11.0. The maximum absolute atomic E-state index is 11.0. The fourth-order valence-electron chi connectivity index (χ4n) is 3.03. The van der Waals surface area contributed by atoms with Crippen molar-refractivity contribution in [2.24, 2.45) is 0 Å². The van der Waals surface area contributed by atoms with E-state index < -0.39 is 6.10 Å². The van der Waals surface area contributed by atoms with Crippen LogP contribution < -0.4 is 0 Å². The zero-order valence-corrected chi connectivity index (χ0v) is 16.2. The lowest BCUT2D eigenvalue weighted by molar-refractivity contribution is -0.140. The van der Waals surface area contributed by atoms with Crippen molar-refractivity contribution >= 4 is 5.97 Å². The first kappa shape index (κ1) is 23.4. The summed E-state index contributed by atoms with van der Waals surface area (Å²) in [7, 11) is 3.11. The Morgan fingerprint density at radius 3 is 1.96 bits per heavy atom. The van der Waals surface area contributed by atoms with E-state index in [0.717, 1.165) is 38.5 Å². The van der Waals surface area contributed by atoms with Gasteiger partial charge in [-0.15, -0.1) is 0 Å². The number of aliphatic hydroxyl groups is 1. The van der Waals surface area contributed by atoms with Crippen molar-refractivity contribution < 1.29 is 19.4 Å². The summed E-state index contributed by atoms with van der Waals surface area (Å²) in [6, 6.07) is 0. The molecule has 0 fully saturated rings. The summed E-state index contributed by atoms with van der Waals surface area (Å²) in [6.45, 7) is 2.25. The third-order valence-electron chi connectivity index (χ3n) is 4.68. The predicted octanol–water partition coefficient (Wildman–Crippen LogP) is 5.02. The molecular weight excluding hydrogens is 304 g/mol. The van der Waals surface area contributed by atoms with Gasteiger partial charge in [0, 0.05) is 13.5 Å². The van der Waals surface area contributed by atoms with Gasteiger partial charge in [0.25, 0.3) is 0 Å². The Hall–Kier alpha value is -0.610. The lowest BCUT2D eigenvalue weighted by Gasteiger charge is -2.21. The van der Waals surface area contributed by atoms with E-state index in [1.807, 2.05) is 0 Å². The second-order valence-electron chi connectivity index (χ2n) is 6.78. The first-order valence-corrected chi connectivity index (χ1v) is 9.93. The number of methoxy groups -OCH3 is 2. The molecule has 0 saturated carbocycles. The van der Waals surface area contributed by atoms with Crippen LogP contribution in [0.15, 0.2) is 0 Å². The van der Waals surface area contributed by atoms with Gasteiger partial charge in [-0.1, -0.05) is 71.1 Å². The van der Waals surface area contributed by atoms with Crippen molar-refractivity contribution in [2.45, 2.75) is 109 Å². The molecule has 0 heterocycles. The van der Waals surface area contributed by atoms with Gasteiger partial charge >= 0.3 is 5.97 Å². The first-order valence-electron chi connectivity index (χ1n) is 9.93. The van der Waals surface area contributed by atoms with Crippen molar-refractivity contribution in [3.8, 4) is 0 Å². The van der Waals surface area contributed by atoms with Crippen LogP contribution in [0, 0.1) is 0 Å². The van der Waals surface area contributed by atoms with Gasteiger partial charge < -0.3 is 14.6 Å². The molecule has 0 aliphatic rings. The molecule has 0 aliphatic carbocycles. The van der Waals surface area contributed by atoms with E-state index in [0.29, 0.717) is 6.42 Å². The second kappa shape index (κ2) is 17.2. The number of hydrogen-bond donors (Lipinski definition) is 1. The van der Waals surface area contributed by atoms with Gasteiger partial charge in [0.15, 0.2) is 0 Å². The number of unbranched alkanes of at least 4 members (excludes halogenated alkanes) is 9. The summed E-state index contributed by atoms with van der Waals surface area (Å²) in [5, 5.41) is 10.2. The smallest absolute Gasteiger partial charge is 0.305 e. The zero-order chi connectivity index (χ0) is 18.0. The molecule has 4 nitrogen and oxygen atoms in total. The molecule has 0 aromatic heterocycles. The van der Waals surface area contributed by atoms with Gasteiger partial charge in [0.1, 0.15) is 0 Å². The molecule has 4 heteroatoms. The molecule has 24 heavy (non-hydrogen) atoms. The monoisotopic (exact) mass is 344 g/mol. The van der Waals surface area contributed by atoms with Gasteiger partial charge in [0.05, 0.1) is 19.3 Å². The fraction of sp³-hybridized carbons (Fsp3) is 0.950. The van der Waals surface area contributed by atoms with Crippen LogP contribution in [0.2, 0.25) is 0 Å². The average molecular weight is 345 g/mol. The van der Waals surface area contributed by atoms with Gasteiger partial charge in [-0.3, -0.25) is 4.79 Å². The number of carbonyl (C=O) groups excluding carboxylic acids is 1. The lowest BCUT2D eigenvalue weighted by atomic mass is 9.99. The second-order valence-corrected chi connectivity index (χ2v) is 6.78. The summed E-state index contributed by atoms with van der Waals surface area (Å²) < 4.78 is 10.1. The highest BCUT2D eigenvalue weighted by Gasteiger charge is 2.17. The van der Waals surface area contributed by atoms with E-state index in [1.54, 1.807) is 7.11 Å². The molecule has 0 bridgehead atoms. The Labute approximate surface area is 149 Å². The Kier molecular flexibility index (Phi) is 16.8. The number of carbonyl (C=O) groups is 1. The Morgan fingerprint density at radius 1 is 0.833 bits per heavy atom. The topological polar surface area (TPSA) is 55.8 Å². The van der Waals surface area contributed by atoms with Crippen molar-refractivity contribution in [1.82, 2.24) is 0 Å². The average Bonchev–Trinajstić information content (AvgIpc) is 2.59. The molecule has 144 valence electrons. The highest BCUT2D eigenvalue weighted by Crippen LogP contribution is 2.17. The molecule has 0 aromatic rings. The van der Waals surface area contributed by atoms with Crippen molar-refractivity contribution in [3.63, 3.8) is 0 Å². The van der Waals surface area contributed by atoms with E-state index in [1.165, 1.54) is 52.1 Å². The Balaban J connectivity index is 3.59. The van der Waals surface area contributed by atoms with Crippen LogP contribution >= 0.6 is 0 Å². The van der Waals surface area contributed by atoms with Crippen molar-refractivity contribution in [1.29, 1.82) is 0 Å². The Morgan fingerprint density at radius 2 is 1.38 bits per heavy atom. The van der Waals surface area contributed by atoms with E-state index in [4.69, 9.17) is 4.74 Å². The highest BCUT2D eigenvalue weighted by atomic mass is 16.5. The Bertz CT molecular complexity index is 281. The number of aliphatic hydroxyl groups excluding tert-OH is 1. The van der Waals surface area contributed by atoms with Crippen LogP contribution in [0.3, 0.4) is 0 Å². The van der Waals surface area contributed by atoms with Gasteiger partial charge in [-0.2, -0.15) is 0 Å². The molecule has 2 unspecified atom stereocenters. The highest BCUT2D eigenvalue weighted by molar-refractivity contribution is 5.68. The minimum Gasteiger partial charge on any atom is -0.469 e. The van der Waals surface area contributed by atoms with E-state index in [2.05, 4.69) is 11.7 Å². The number of rotatable bonds is 17. The van der Waals surface area contributed by atoms with Gasteiger partial charge in [0.2, 0.25) is 0 Å². The standard InChI is InChI=1S/C20H40O4/c1-4-5-6-7-8-9-10-13-16-19(23-2)18(21)15-12-11-14-17-20(22)24-3/h18-19,21H,4-17H2,1-3H3. The zero-order valence-electron chi connectivity index (χ0n) is 16.2. The number of esters is 1. The minimum absolute atomic E-state index is 0.0503. The van der Waals surface area contributed by atoms with E-state index in [-0.39, 0.29) is 12.1 Å². The number of ether oxygens (including phenoxy) is 2. The summed E-state index contributed by atoms with van der Waals surface area (Å²) in [5.74, 6) is -0.153. The predicted molar refractivity (Wildman–Crippen MR) is 99.1 cm³/mol. The largest absolute Gasteiger partial charge is 0.469 e. The summed E-state index contributed by atoms with van der Waals surface area (Å²) in [5.41, 5.74) is 0. The summed E-state index contributed by atoms with van der Waals surface area (Å²) in [6.07, 6.45) is 14.8. The number of hydrogen-bond acceptors (Lipinski definition) is 4. The van der Waals surface area contributed by atoms with Crippen molar-refractivity contribution in [2.75, 3.05) is 14.2 Å². The molecule has 0 amide bonds. The molecule has 0 spiro atoms. The minimum atomic E-state index is -0.391. The van der Waals surface area contributed by atoms with Crippen LogP contribution in [0.4, 0.5) is 0 Å². The molecule has 0 radical (unpaired) electrons. The molecule has 0 saturated heterocycles. The molecular formula is C20H40O4. The van der Waals surface area contributed by atoms with Crippen LogP contribution in [-0.4, -0.2) is 37.5 Å². The van der Waals surface area contributed by atoms with Crippen LogP contribution in [0.1, 0.15) is 96.8 Å². The van der Waals surface area contributed by atoms with E-state index >= 15 is 0 Å². The van der Waals surface area contributed by atoms with Crippen LogP contribution in [-0.2, 0) is 14.3 Å². The quantitative estimate of drug-likeness (QED) is 0.297. The maximum Gasteiger partial charge on any atom is 0.305 e. The third kappa shape index (κ3) is 13.8. The van der Waals surface area contributed by atoms with Crippen LogP contribution in [0.25, 0.3) is 0 Å². The molecule has 0 aliphatic heterocycles. The fourth-order valence-corrected chi connectivity index (χ4v) is 3.03. The van der Waals surface area contributed by atoms with Crippen molar-refractivity contribution in [3.05, 3.63) is 0 Å². The van der Waals surface area contributed by atoms with Gasteiger partial charge in [-0.25, -0.2) is 0 Å². The van der Waals surface area contributed by atoms with Crippen LogP contribution in [0.5, 0.6) is 0 Å².